The molecule has 256 valence electrons. The summed E-state index contributed by atoms with van der Waals surface area (Å²) in [5, 5.41) is 5.21. The molecule has 4 heterocycles. The van der Waals surface area contributed by atoms with Gasteiger partial charge in [-0.1, -0.05) is 36.2 Å². The number of benzene rings is 3. The van der Waals surface area contributed by atoms with Crippen molar-refractivity contribution >= 4 is 34.6 Å². The standard InChI is InChI=1S/C36H39Cl2N7O4/c1-3-26(2)44-18-19-45(35(44)46)30-7-5-28(6-8-30)41-14-16-42(17-15-41)29-9-11-31(12-10-29)47-21-32-22-48-36(49-32,23-43-25-39-24-40-43)33-13-4-27(37)20-34(33)38/h4-13,18-20,24-26,32H,3,14-17,21-23H2,1-2H3/t26?,32-,36-/m0/s1. The minimum Gasteiger partial charge on any atom is -0.491 e. The first-order valence-corrected chi connectivity index (χ1v) is 17.3. The highest BCUT2D eigenvalue weighted by Crippen LogP contribution is 2.40. The van der Waals surface area contributed by atoms with Gasteiger partial charge in [0.05, 0.1) is 17.3 Å². The van der Waals surface area contributed by atoms with Crippen molar-refractivity contribution in [1.29, 1.82) is 0 Å². The molecule has 0 bridgehead atoms. The van der Waals surface area contributed by atoms with E-state index < -0.39 is 5.79 Å². The van der Waals surface area contributed by atoms with Crippen LogP contribution in [-0.4, -0.2) is 69.4 Å². The van der Waals surface area contributed by atoms with E-state index in [1.165, 1.54) is 6.33 Å². The van der Waals surface area contributed by atoms with Gasteiger partial charge in [-0.3, -0.25) is 9.13 Å². The fourth-order valence-corrected chi connectivity index (χ4v) is 6.94. The van der Waals surface area contributed by atoms with Gasteiger partial charge in [0.1, 0.15) is 37.7 Å². The number of aromatic nitrogens is 5. The van der Waals surface area contributed by atoms with Gasteiger partial charge in [0.25, 0.3) is 0 Å². The first kappa shape index (κ1) is 33.2. The monoisotopic (exact) mass is 703 g/mol. The molecule has 2 saturated heterocycles. The fourth-order valence-electron chi connectivity index (χ4n) is 6.39. The van der Waals surface area contributed by atoms with E-state index >= 15 is 0 Å². The number of anilines is 2. The normalized spacial score (nSPS) is 20.1. The predicted octanol–water partition coefficient (Wildman–Crippen LogP) is 6.18. The lowest BCUT2D eigenvalue weighted by atomic mass is 10.1. The highest BCUT2D eigenvalue weighted by Gasteiger charge is 2.45. The summed E-state index contributed by atoms with van der Waals surface area (Å²) >= 11 is 12.7. The minimum absolute atomic E-state index is 0.00561. The molecule has 49 heavy (non-hydrogen) atoms. The van der Waals surface area contributed by atoms with Crippen molar-refractivity contribution in [2.45, 2.75) is 44.7 Å². The van der Waals surface area contributed by atoms with Gasteiger partial charge in [0.15, 0.2) is 0 Å². The first-order chi connectivity index (χ1) is 23.8. The van der Waals surface area contributed by atoms with E-state index in [1.54, 1.807) is 32.3 Å². The molecule has 0 amide bonds. The largest absolute Gasteiger partial charge is 0.491 e. The fraction of sp³-hybridized carbons (Fsp3) is 0.361. The Kier molecular flexibility index (Phi) is 9.68. The Morgan fingerprint density at radius 2 is 1.61 bits per heavy atom. The Balaban J connectivity index is 0.925. The second-order valence-corrected chi connectivity index (χ2v) is 13.3. The maximum absolute atomic E-state index is 12.9. The SMILES string of the molecule is CCC(C)n1ccn(-c2ccc(N3CCN(c4ccc(OC[C@H]5CO[C@](Cn6cncn6)(c6ccc(Cl)cc6Cl)O5)cc4)CC3)cc2)c1=O. The lowest BCUT2D eigenvalue weighted by molar-refractivity contribution is -0.190. The number of ether oxygens (including phenoxy) is 3. The van der Waals surface area contributed by atoms with Gasteiger partial charge in [0, 0.05) is 66.6 Å². The van der Waals surface area contributed by atoms with E-state index in [2.05, 4.69) is 58.0 Å². The number of rotatable bonds is 11. The summed E-state index contributed by atoms with van der Waals surface area (Å²) in [5.74, 6) is -0.403. The highest BCUT2D eigenvalue weighted by atomic mass is 35.5. The van der Waals surface area contributed by atoms with Crippen LogP contribution in [0, 0.1) is 0 Å². The van der Waals surface area contributed by atoms with Crippen molar-refractivity contribution in [3.05, 3.63) is 118 Å². The van der Waals surface area contributed by atoms with Crippen molar-refractivity contribution in [3.8, 4) is 11.4 Å². The summed E-state index contributed by atoms with van der Waals surface area (Å²) < 4.78 is 24.0. The molecule has 1 unspecified atom stereocenters. The number of imidazole rings is 1. The van der Waals surface area contributed by atoms with Gasteiger partial charge in [0.2, 0.25) is 5.79 Å². The van der Waals surface area contributed by atoms with Crippen LogP contribution in [-0.2, 0) is 21.8 Å². The summed E-state index contributed by atoms with van der Waals surface area (Å²) in [7, 11) is 0. The smallest absolute Gasteiger partial charge is 0.332 e. The number of piperazine rings is 1. The average molecular weight is 705 g/mol. The van der Waals surface area contributed by atoms with E-state index in [4.69, 9.17) is 37.4 Å². The molecule has 11 nitrogen and oxygen atoms in total. The third kappa shape index (κ3) is 7.07. The van der Waals surface area contributed by atoms with Gasteiger partial charge in [-0.2, -0.15) is 5.10 Å². The summed E-state index contributed by atoms with van der Waals surface area (Å²) in [6, 6.07) is 21.9. The molecular formula is C36H39Cl2N7O4. The van der Waals surface area contributed by atoms with E-state index in [9.17, 15) is 4.79 Å². The first-order valence-electron chi connectivity index (χ1n) is 16.5. The van der Waals surface area contributed by atoms with Gasteiger partial charge in [-0.05, 0) is 74.0 Å². The summed E-state index contributed by atoms with van der Waals surface area (Å²) in [5.41, 5.74) is 3.85. The number of hydrogen-bond donors (Lipinski definition) is 0. The average Bonchev–Trinajstić information content (AvgIpc) is 3.88. The van der Waals surface area contributed by atoms with Crippen LogP contribution in [0.25, 0.3) is 5.69 Å². The van der Waals surface area contributed by atoms with Crippen molar-refractivity contribution < 1.29 is 14.2 Å². The molecule has 3 atom stereocenters. The van der Waals surface area contributed by atoms with E-state index in [0.717, 1.165) is 55.4 Å². The second kappa shape index (κ2) is 14.3. The molecule has 3 aromatic carbocycles. The summed E-state index contributed by atoms with van der Waals surface area (Å²) in [6.07, 6.45) is 7.38. The topological polar surface area (TPSA) is 91.8 Å². The second-order valence-electron chi connectivity index (χ2n) is 12.4. The highest BCUT2D eigenvalue weighted by molar-refractivity contribution is 6.35. The van der Waals surface area contributed by atoms with Crippen LogP contribution < -0.4 is 20.2 Å². The molecule has 7 rings (SSSR count). The van der Waals surface area contributed by atoms with Crippen LogP contribution in [0.5, 0.6) is 5.75 Å². The van der Waals surface area contributed by atoms with Crippen LogP contribution in [0.1, 0.15) is 31.9 Å². The van der Waals surface area contributed by atoms with Gasteiger partial charge in [-0.25, -0.2) is 14.5 Å². The van der Waals surface area contributed by atoms with Crippen LogP contribution in [0.3, 0.4) is 0 Å². The number of nitrogens with zero attached hydrogens (tertiary/aromatic N) is 7. The molecule has 2 aliphatic heterocycles. The number of hydrogen-bond acceptors (Lipinski definition) is 8. The van der Waals surface area contributed by atoms with Gasteiger partial charge in [-0.15, -0.1) is 0 Å². The van der Waals surface area contributed by atoms with Crippen molar-refractivity contribution in [3.63, 3.8) is 0 Å². The summed E-state index contributed by atoms with van der Waals surface area (Å²) in [4.78, 5) is 21.7. The molecule has 2 aromatic heterocycles. The molecule has 5 aromatic rings. The lowest BCUT2D eigenvalue weighted by Crippen LogP contribution is -2.46. The van der Waals surface area contributed by atoms with Crippen molar-refractivity contribution in [2.75, 3.05) is 49.2 Å². The third-order valence-electron chi connectivity index (χ3n) is 9.32. The zero-order valence-electron chi connectivity index (χ0n) is 27.5. The van der Waals surface area contributed by atoms with Crippen LogP contribution >= 0.6 is 23.2 Å². The molecule has 0 N–H and O–H groups in total. The summed E-state index contributed by atoms with van der Waals surface area (Å²) in [6.45, 7) is 8.64. The molecular weight excluding hydrogens is 665 g/mol. The quantitative estimate of drug-likeness (QED) is 0.161. The van der Waals surface area contributed by atoms with E-state index in [-0.39, 0.29) is 24.4 Å². The van der Waals surface area contributed by atoms with Crippen LogP contribution in [0.4, 0.5) is 11.4 Å². The van der Waals surface area contributed by atoms with Gasteiger partial charge >= 0.3 is 5.69 Å². The number of halogens is 2. The maximum Gasteiger partial charge on any atom is 0.332 e. The Labute approximate surface area is 295 Å². The van der Waals surface area contributed by atoms with E-state index in [0.29, 0.717) is 28.8 Å². The molecule has 2 fully saturated rings. The van der Waals surface area contributed by atoms with E-state index in [1.807, 2.05) is 42.7 Å². The maximum atomic E-state index is 12.9. The molecule has 0 aliphatic carbocycles. The van der Waals surface area contributed by atoms with Crippen molar-refractivity contribution in [1.82, 2.24) is 23.9 Å². The van der Waals surface area contributed by atoms with Crippen LogP contribution in [0.2, 0.25) is 10.0 Å². The zero-order chi connectivity index (χ0) is 34.0. The Morgan fingerprint density at radius 3 is 2.24 bits per heavy atom. The van der Waals surface area contributed by atoms with Crippen molar-refractivity contribution in [2.24, 2.45) is 0 Å². The minimum atomic E-state index is -1.16. The van der Waals surface area contributed by atoms with Gasteiger partial charge < -0.3 is 24.0 Å². The Bertz CT molecular complexity index is 1910. The molecule has 0 spiro atoms. The lowest BCUT2D eigenvalue weighted by Gasteiger charge is -2.37. The molecule has 0 radical (unpaired) electrons. The zero-order valence-corrected chi connectivity index (χ0v) is 29.0. The molecule has 13 heteroatoms. The Hall–Kier alpha value is -4.29. The van der Waals surface area contributed by atoms with Crippen LogP contribution in [0.15, 0.2) is 96.6 Å². The molecule has 2 aliphatic rings. The predicted molar refractivity (Wildman–Crippen MR) is 190 cm³/mol. The molecule has 0 saturated carbocycles. The third-order valence-corrected chi connectivity index (χ3v) is 9.86. The Morgan fingerprint density at radius 1 is 0.939 bits per heavy atom.